The normalized spacial score (nSPS) is 13.6. The van der Waals surface area contributed by atoms with Crippen molar-refractivity contribution in [1.29, 1.82) is 0 Å². The highest BCUT2D eigenvalue weighted by molar-refractivity contribution is 5.93. The van der Waals surface area contributed by atoms with E-state index in [-0.39, 0.29) is 30.2 Å². The van der Waals surface area contributed by atoms with Gasteiger partial charge in [-0.25, -0.2) is 0 Å². The van der Waals surface area contributed by atoms with E-state index in [0.29, 0.717) is 31.4 Å². The molecular weight excluding hydrogens is 256 g/mol. The van der Waals surface area contributed by atoms with Crippen molar-refractivity contribution in [1.82, 2.24) is 0 Å². The van der Waals surface area contributed by atoms with Gasteiger partial charge in [-0.1, -0.05) is 6.58 Å². The summed E-state index contributed by atoms with van der Waals surface area (Å²) in [6, 6.07) is 0. The molecule has 0 saturated heterocycles. The molecule has 0 aromatic rings. The smallest absolute Gasteiger partial charge is 0.158 e. The van der Waals surface area contributed by atoms with Gasteiger partial charge in [0.15, 0.2) is 5.78 Å². The van der Waals surface area contributed by atoms with Crippen LogP contribution < -0.4 is 0 Å². The molecule has 0 aromatic carbocycles. The fraction of sp³-hybridized carbons (Fsp3) is 0.812. The Hall–Kier alpha value is -0.710. The van der Waals surface area contributed by atoms with Crippen molar-refractivity contribution >= 4 is 5.78 Å². The molecular formula is C16H30O4. The first kappa shape index (κ1) is 19.3. The van der Waals surface area contributed by atoms with Crippen molar-refractivity contribution in [3.63, 3.8) is 0 Å². The Morgan fingerprint density at radius 3 is 2.40 bits per heavy atom. The molecule has 0 rings (SSSR count). The van der Waals surface area contributed by atoms with E-state index in [4.69, 9.17) is 9.47 Å². The average molecular weight is 286 g/mol. The lowest BCUT2D eigenvalue weighted by molar-refractivity contribution is -0.117. The summed E-state index contributed by atoms with van der Waals surface area (Å²) in [6.07, 6.45) is 1.63. The van der Waals surface area contributed by atoms with Crippen molar-refractivity contribution in [2.45, 2.75) is 71.7 Å². The maximum absolute atomic E-state index is 11.4. The number of hydrogen-bond acceptors (Lipinski definition) is 4. The van der Waals surface area contributed by atoms with E-state index in [2.05, 4.69) is 6.58 Å². The number of Topliss-reactive ketones (excluding diaryl/α,β-unsaturated/α-hetero) is 1. The largest absolute Gasteiger partial charge is 0.394 e. The quantitative estimate of drug-likeness (QED) is 0.469. The van der Waals surface area contributed by atoms with Gasteiger partial charge in [-0.3, -0.25) is 4.79 Å². The molecule has 0 aliphatic heterocycles. The van der Waals surface area contributed by atoms with Gasteiger partial charge in [-0.15, -0.1) is 0 Å². The molecule has 0 aliphatic rings. The number of rotatable bonds is 11. The third kappa shape index (κ3) is 9.23. The molecule has 0 aliphatic carbocycles. The maximum Gasteiger partial charge on any atom is 0.158 e. The molecule has 0 aromatic heterocycles. The molecule has 0 bridgehead atoms. The predicted octanol–water partition coefficient (Wildman–Crippen LogP) is 2.88. The molecule has 20 heavy (non-hydrogen) atoms. The molecule has 0 saturated carbocycles. The molecule has 0 spiro atoms. The molecule has 0 fully saturated rings. The van der Waals surface area contributed by atoms with E-state index in [0.717, 1.165) is 0 Å². The average Bonchev–Trinajstić information content (AvgIpc) is 2.32. The Balaban J connectivity index is 4.05. The lowest BCUT2D eigenvalue weighted by atomic mass is 10.0. The molecule has 4 nitrogen and oxygen atoms in total. The summed E-state index contributed by atoms with van der Waals surface area (Å²) in [7, 11) is 0. The minimum atomic E-state index is -0.380. The van der Waals surface area contributed by atoms with Gasteiger partial charge in [0.2, 0.25) is 0 Å². The summed E-state index contributed by atoms with van der Waals surface area (Å²) in [4.78, 5) is 11.4. The zero-order valence-electron chi connectivity index (χ0n) is 13.6. The van der Waals surface area contributed by atoms with Crippen molar-refractivity contribution in [2.24, 2.45) is 0 Å². The van der Waals surface area contributed by atoms with Gasteiger partial charge in [0.05, 0.1) is 24.4 Å². The number of aliphatic hydroxyl groups excluding tert-OH is 1. The van der Waals surface area contributed by atoms with Crippen LogP contribution in [0, 0.1) is 0 Å². The van der Waals surface area contributed by atoms with Crippen molar-refractivity contribution in [3.8, 4) is 0 Å². The fourth-order valence-corrected chi connectivity index (χ4v) is 1.94. The number of allylic oxidation sites excluding steroid dienone is 1. The van der Waals surface area contributed by atoms with E-state index in [9.17, 15) is 9.90 Å². The van der Waals surface area contributed by atoms with Crippen LogP contribution in [0.3, 0.4) is 0 Å². The van der Waals surface area contributed by atoms with Crippen molar-refractivity contribution in [3.05, 3.63) is 12.2 Å². The van der Waals surface area contributed by atoms with Crippen LogP contribution in [-0.2, 0) is 14.3 Å². The lowest BCUT2D eigenvalue weighted by Crippen LogP contribution is -2.34. The Labute approximate surface area is 123 Å². The molecule has 1 N–H and O–H groups in total. The summed E-state index contributed by atoms with van der Waals surface area (Å²) in [6.45, 7) is 13.7. The second-order valence-corrected chi connectivity index (χ2v) is 6.11. The van der Waals surface area contributed by atoms with E-state index >= 15 is 0 Å². The Kier molecular flexibility index (Phi) is 8.94. The van der Waals surface area contributed by atoms with E-state index in [1.165, 1.54) is 0 Å². The van der Waals surface area contributed by atoms with Crippen LogP contribution in [0.15, 0.2) is 12.2 Å². The number of carbonyl (C=O) groups is 1. The zero-order chi connectivity index (χ0) is 15.8. The molecule has 1 unspecified atom stereocenters. The molecule has 118 valence electrons. The highest BCUT2D eigenvalue weighted by Gasteiger charge is 2.24. The maximum atomic E-state index is 11.4. The van der Waals surface area contributed by atoms with Gasteiger partial charge in [-0.05, 0) is 46.6 Å². The van der Waals surface area contributed by atoms with Gasteiger partial charge < -0.3 is 14.6 Å². The van der Waals surface area contributed by atoms with Crippen LogP contribution >= 0.6 is 0 Å². The second kappa shape index (κ2) is 9.27. The summed E-state index contributed by atoms with van der Waals surface area (Å²) in [5, 5.41) is 9.31. The molecule has 0 radical (unpaired) electrons. The molecule has 0 heterocycles. The highest BCUT2D eigenvalue weighted by atomic mass is 16.5. The molecule has 4 heteroatoms. The van der Waals surface area contributed by atoms with E-state index in [1.807, 2.05) is 27.7 Å². The van der Waals surface area contributed by atoms with Gasteiger partial charge in [-0.2, -0.15) is 0 Å². The standard InChI is InChI=1S/C16H30O4/c1-12(2)15(18)8-7-9-19-16(5,6)10-14(11-17)20-13(3)4/h13-14,17H,1,7-11H2,2-6H3. The predicted molar refractivity (Wildman–Crippen MR) is 80.8 cm³/mol. The topological polar surface area (TPSA) is 55.8 Å². The monoisotopic (exact) mass is 286 g/mol. The van der Waals surface area contributed by atoms with Crippen LogP contribution in [0.1, 0.15) is 53.9 Å². The number of ketones is 1. The summed E-state index contributed by atoms with van der Waals surface area (Å²) >= 11 is 0. The van der Waals surface area contributed by atoms with Gasteiger partial charge in [0.1, 0.15) is 0 Å². The Morgan fingerprint density at radius 2 is 1.95 bits per heavy atom. The first-order chi connectivity index (χ1) is 9.18. The van der Waals surface area contributed by atoms with Gasteiger partial charge in [0.25, 0.3) is 0 Å². The van der Waals surface area contributed by atoms with Crippen LogP contribution in [0.5, 0.6) is 0 Å². The van der Waals surface area contributed by atoms with Crippen molar-refractivity contribution in [2.75, 3.05) is 13.2 Å². The highest BCUT2D eigenvalue weighted by Crippen LogP contribution is 2.20. The van der Waals surface area contributed by atoms with Crippen LogP contribution in [-0.4, -0.2) is 41.9 Å². The third-order valence-electron chi connectivity index (χ3n) is 2.90. The van der Waals surface area contributed by atoms with E-state index in [1.54, 1.807) is 6.92 Å². The first-order valence-corrected chi connectivity index (χ1v) is 7.27. The minimum Gasteiger partial charge on any atom is -0.394 e. The first-order valence-electron chi connectivity index (χ1n) is 7.27. The SMILES string of the molecule is C=C(C)C(=O)CCCOC(C)(C)CC(CO)OC(C)C. The summed E-state index contributed by atoms with van der Waals surface area (Å²) in [5.41, 5.74) is 0.212. The zero-order valence-corrected chi connectivity index (χ0v) is 13.6. The van der Waals surface area contributed by atoms with Gasteiger partial charge >= 0.3 is 0 Å². The third-order valence-corrected chi connectivity index (χ3v) is 2.90. The minimum absolute atomic E-state index is 0.0148. The summed E-state index contributed by atoms with van der Waals surface area (Å²) < 4.78 is 11.4. The summed E-state index contributed by atoms with van der Waals surface area (Å²) in [5.74, 6) is 0.0859. The Morgan fingerprint density at radius 1 is 1.35 bits per heavy atom. The van der Waals surface area contributed by atoms with Crippen molar-refractivity contribution < 1.29 is 19.4 Å². The van der Waals surface area contributed by atoms with Gasteiger partial charge in [0, 0.05) is 19.4 Å². The number of carbonyl (C=O) groups excluding carboxylic acids is 1. The van der Waals surface area contributed by atoms with Crippen LogP contribution in [0.4, 0.5) is 0 Å². The molecule has 0 amide bonds. The molecule has 1 atom stereocenters. The lowest BCUT2D eigenvalue weighted by Gasteiger charge is -2.30. The van der Waals surface area contributed by atoms with E-state index < -0.39 is 0 Å². The Bertz CT molecular complexity index is 308. The van der Waals surface area contributed by atoms with Crippen LogP contribution in [0.2, 0.25) is 0 Å². The second-order valence-electron chi connectivity index (χ2n) is 6.11. The number of hydrogen-bond donors (Lipinski definition) is 1. The number of aliphatic hydroxyl groups is 1. The number of ether oxygens (including phenoxy) is 2. The van der Waals surface area contributed by atoms with Crippen LogP contribution in [0.25, 0.3) is 0 Å². The fourth-order valence-electron chi connectivity index (χ4n) is 1.94.